The van der Waals surface area contributed by atoms with Crippen molar-refractivity contribution in [2.75, 3.05) is 55.0 Å². The van der Waals surface area contributed by atoms with E-state index < -0.39 is 0 Å². The number of ether oxygens (including phenoxy) is 1. The molecule has 1 saturated heterocycles. The topological polar surface area (TPSA) is 87.7 Å². The maximum Gasteiger partial charge on any atom is 0.234 e. The van der Waals surface area contributed by atoms with Gasteiger partial charge in [-0.05, 0) is 60.4 Å². The Morgan fingerprint density at radius 3 is 2.54 bits per heavy atom. The first kappa shape index (κ1) is 27.7. The number of nitrogens with zero attached hydrogens (tertiary/aromatic N) is 4. The Morgan fingerprint density at radius 1 is 1.10 bits per heavy atom. The second kappa shape index (κ2) is 11.7. The van der Waals surface area contributed by atoms with Crippen molar-refractivity contribution in [1.82, 2.24) is 14.9 Å². The lowest BCUT2D eigenvalue weighted by molar-refractivity contribution is -0.128. The average molecular weight is 568 g/mol. The molecule has 2 aromatic heterocycles. The van der Waals surface area contributed by atoms with E-state index in [9.17, 15) is 9.59 Å². The maximum atomic E-state index is 12.8. The van der Waals surface area contributed by atoms with Gasteiger partial charge in [-0.25, -0.2) is 9.97 Å². The van der Waals surface area contributed by atoms with Crippen molar-refractivity contribution in [1.29, 1.82) is 0 Å². The van der Waals surface area contributed by atoms with E-state index in [0.29, 0.717) is 35.9 Å². The molecule has 1 N–H and O–H groups in total. The zero-order valence-corrected chi connectivity index (χ0v) is 24.8. The first-order valence-corrected chi connectivity index (χ1v) is 15.5. The first-order chi connectivity index (χ1) is 18.7. The molecule has 3 aromatic rings. The van der Waals surface area contributed by atoms with E-state index in [1.165, 1.54) is 34.0 Å². The molecule has 0 radical (unpaired) electrons. The van der Waals surface area contributed by atoms with Gasteiger partial charge in [-0.15, -0.1) is 23.1 Å². The molecule has 1 aliphatic carbocycles. The molecule has 10 heteroatoms. The summed E-state index contributed by atoms with van der Waals surface area (Å²) in [5.74, 6) is 2.92. The standard InChI is InChI=1S/C29H37N5O3S2/c1-29(2,3)19-5-10-22-23(15-19)39-28-26(22)27(30-18-31-28)34-13-11-33(12-14-34)25(36)17-38-16-24(35)32-20-6-8-21(37-4)9-7-20/h6-9,18-19H,5,10-17H2,1-4H3,(H,32,35)/t19-/m1/s1. The van der Waals surface area contributed by atoms with Crippen molar-refractivity contribution in [3.8, 4) is 5.75 Å². The summed E-state index contributed by atoms with van der Waals surface area (Å²) in [6, 6.07) is 7.19. The van der Waals surface area contributed by atoms with Crippen LogP contribution < -0.4 is 15.0 Å². The van der Waals surface area contributed by atoms with E-state index in [-0.39, 0.29) is 17.6 Å². The molecule has 1 aliphatic heterocycles. The molecule has 1 aromatic carbocycles. The predicted molar refractivity (Wildman–Crippen MR) is 160 cm³/mol. The van der Waals surface area contributed by atoms with E-state index in [2.05, 4.69) is 36.0 Å². The van der Waals surface area contributed by atoms with Gasteiger partial charge in [-0.2, -0.15) is 0 Å². The number of piperazine rings is 1. The number of amides is 2. The summed E-state index contributed by atoms with van der Waals surface area (Å²) >= 11 is 3.18. The quantitative estimate of drug-likeness (QED) is 0.436. The number of nitrogens with one attached hydrogen (secondary N) is 1. The number of aromatic nitrogens is 2. The van der Waals surface area contributed by atoms with Gasteiger partial charge in [0.15, 0.2) is 0 Å². The second-order valence-corrected chi connectivity index (χ2v) is 13.4. The number of rotatable bonds is 7. The minimum atomic E-state index is -0.122. The molecule has 208 valence electrons. The molecular weight excluding hydrogens is 530 g/mol. The number of carbonyl (C=O) groups excluding carboxylic acids is 2. The van der Waals surface area contributed by atoms with E-state index >= 15 is 0 Å². The molecule has 1 atom stereocenters. The maximum absolute atomic E-state index is 12.8. The highest BCUT2D eigenvalue weighted by Crippen LogP contribution is 2.44. The van der Waals surface area contributed by atoms with Gasteiger partial charge in [0.2, 0.25) is 11.8 Å². The zero-order valence-electron chi connectivity index (χ0n) is 23.2. The molecule has 2 aliphatic rings. The summed E-state index contributed by atoms with van der Waals surface area (Å²) in [6.45, 7) is 9.83. The highest BCUT2D eigenvalue weighted by atomic mass is 32.2. The third-order valence-corrected chi connectivity index (χ3v) is 9.89. The molecule has 0 bridgehead atoms. The van der Waals surface area contributed by atoms with Crippen LogP contribution in [0.25, 0.3) is 10.2 Å². The Kier molecular flexibility index (Phi) is 8.32. The molecule has 2 amide bonds. The molecule has 0 unspecified atom stereocenters. The summed E-state index contributed by atoms with van der Waals surface area (Å²) in [6.07, 6.45) is 5.09. The van der Waals surface area contributed by atoms with Crippen LogP contribution in [0.4, 0.5) is 11.5 Å². The van der Waals surface area contributed by atoms with Crippen molar-refractivity contribution in [3.05, 3.63) is 41.0 Å². The normalized spacial score (nSPS) is 17.7. The smallest absolute Gasteiger partial charge is 0.234 e. The average Bonchev–Trinajstić information content (AvgIpc) is 3.31. The predicted octanol–water partition coefficient (Wildman–Crippen LogP) is 4.87. The molecule has 5 rings (SSSR count). The third-order valence-electron chi connectivity index (χ3n) is 7.81. The van der Waals surface area contributed by atoms with Crippen molar-refractivity contribution in [2.24, 2.45) is 11.3 Å². The lowest BCUT2D eigenvalue weighted by Gasteiger charge is -2.36. The summed E-state index contributed by atoms with van der Waals surface area (Å²) in [5.41, 5.74) is 2.46. The number of aryl methyl sites for hydroxylation is 1. The van der Waals surface area contributed by atoms with E-state index in [1.807, 2.05) is 16.2 Å². The number of fused-ring (bicyclic) bond motifs is 3. The summed E-state index contributed by atoms with van der Waals surface area (Å²) < 4.78 is 5.14. The summed E-state index contributed by atoms with van der Waals surface area (Å²) in [5, 5.41) is 4.08. The van der Waals surface area contributed by atoms with Crippen LogP contribution in [0.1, 0.15) is 37.6 Å². The van der Waals surface area contributed by atoms with Gasteiger partial charge in [-0.1, -0.05) is 20.8 Å². The SMILES string of the molecule is COc1ccc(NC(=O)CSCC(=O)N2CCN(c3ncnc4sc5c(c34)CC[C@@H](C(C)(C)C)C5)CC2)cc1. The number of anilines is 2. The summed E-state index contributed by atoms with van der Waals surface area (Å²) in [7, 11) is 1.60. The largest absolute Gasteiger partial charge is 0.497 e. The Hall–Kier alpha value is -2.85. The van der Waals surface area contributed by atoms with Gasteiger partial charge < -0.3 is 19.9 Å². The fourth-order valence-electron chi connectivity index (χ4n) is 5.43. The van der Waals surface area contributed by atoms with Gasteiger partial charge in [-0.3, -0.25) is 9.59 Å². The van der Waals surface area contributed by atoms with Crippen LogP contribution in [-0.4, -0.2) is 71.5 Å². The van der Waals surface area contributed by atoms with Crippen LogP contribution in [0.3, 0.4) is 0 Å². The minimum absolute atomic E-state index is 0.0749. The Bertz CT molecular complexity index is 1330. The van der Waals surface area contributed by atoms with Crippen LogP contribution in [-0.2, 0) is 22.4 Å². The first-order valence-electron chi connectivity index (χ1n) is 13.5. The van der Waals surface area contributed by atoms with Crippen molar-refractivity contribution >= 4 is 56.6 Å². The fourth-order valence-corrected chi connectivity index (χ4v) is 7.41. The number of benzene rings is 1. The molecule has 39 heavy (non-hydrogen) atoms. The fraction of sp³-hybridized carbons (Fsp3) is 0.517. The second-order valence-electron chi connectivity index (χ2n) is 11.3. The number of thiophene rings is 1. The van der Waals surface area contributed by atoms with E-state index in [4.69, 9.17) is 9.72 Å². The number of hydrogen-bond donors (Lipinski definition) is 1. The van der Waals surface area contributed by atoms with E-state index in [0.717, 1.165) is 42.3 Å². The third kappa shape index (κ3) is 6.32. The van der Waals surface area contributed by atoms with Crippen molar-refractivity contribution in [2.45, 2.75) is 40.0 Å². The van der Waals surface area contributed by atoms with Crippen LogP contribution >= 0.6 is 23.1 Å². The highest BCUT2D eigenvalue weighted by molar-refractivity contribution is 8.00. The molecule has 0 saturated carbocycles. The molecule has 8 nitrogen and oxygen atoms in total. The molecule has 1 fully saturated rings. The van der Waals surface area contributed by atoms with Gasteiger partial charge in [0.05, 0.1) is 24.0 Å². The molecule has 3 heterocycles. The number of thioether (sulfide) groups is 1. The van der Waals surface area contributed by atoms with Gasteiger partial charge in [0.1, 0.15) is 22.7 Å². The van der Waals surface area contributed by atoms with Crippen LogP contribution in [0.2, 0.25) is 0 Å². The molecular formula is C29H37N5O3S2. The van der Waals surface area contributed by atoms with Crippen LogP contribution in [0.15, 0.2) is 30.6 Å². The van der Waals surface area contributed by atoms with E-state index in [1.54, 1.807) is 37.7 Å². The van der Waals surface area contributed by atoms with Crippen LogP contribution in [0.5, 0.6) is 5.75 Å². The molecule has 0 spiro atoms. The van der Waals surface area contributed by atoms with Gasteiger partial charge in [0.25, 0.3) is 0 Å². The highest BCUT2D eigenvalue weighted by Gasteiger charge is 2.33. The van der Waals surface area contributed by atoms with Crippen molar-refractivity contribution < 1.29 is 14.3 Å². The summed E-state index contributed by atoms with van der Waals surface area (Å²) in [4.78, 5) is 41.2. The van der Waals surface area contributed by atoms with Crippen LogP contribution in [0, 0.1) is 11.3 Å². The monoisotopic (exact) mass is 567 g/mol. The zero-order chi connectivity index (χ0) is 27.6. The van der Waals surface area contributed by atoms with Gasteiger partial charge >= 0.3 is 0 Å². The van der Waals surface area contributed by atoms with Gasteiger partial charge in [0, 0.05) is 36.7 Å². The lowest BCUT2D eigenvalue weighted by atomic mass is 9.72. The minimum Gasteiger partial charge on any atom is -0.497 e. The number of hydrogen-bond acceptors (Lipinski definition) is 8. The lowest BCUT2D eigenvalue weighted by Crippen LogP contribution is -2.49. The Labute approximate surface area is 238 Å². The van der Waals surface area contributed by atoms with Crippen molar-refractivity contribution in [3.63, 3.8) is 0 Å². The Morgan fingerprint density at radius 2 is 1.85 bits per heavy atom. The number of methoxy groups -OCH3 is 1. The number of carbonyl (C=O) groups is 2. The Balaban J connectivity index is 1.13.